The Kier molecular flexibility index (Phi) is 5.14. The number of benzene rings is 1. The molecule has 1 aliphatic carbocycles. The van der Waals surface area contributed by atoms with Gasteiger partial charge in [0.15, 0.2) is 0 Å². The summed E-state index contributed by atoms with van der Waals surface area (Å²) in [4.78, 5) is 0. The molecule has 1 aliphatic rings. The van der Waals surface area contributed by atoms with Crippen molar-refractivity contribution in [2.24, 2.45) is 17.8 Å². The number of rotatable bonds is 4. The van der Waals surface area contributed by atoms with E-state index in [1.54, 1.807) is 0 Å². The molecule has 21 heavy (non-hydrogen) atoms. The molecule has 3 atom stereocenters. The Morgan fingerprint density at radius 1 is 1.24 bits per heavy atom. The molecule has 1 aromatic carbocycles. The van der Waals surface area contributed by atoms with Gasteiger partial charge in [-0.15, -0.1) is 0 Å². The van der Waals surface area contributed by atoms with E-state index in [9.17, 15) is 5.11 Å². The molecule has 0 spiro atoms. The smallest absolute Gasteiger partial charge is 0.0579 e. The van der Waals surface area contributed by atoms with E-state index >= 15 is 0 Å². The molecule has 118 valence electrons. The van der Waals surface area contributed by atoms with Gasteiger partial charge >= 0.3 is 0 Å². The largest absolute Gasteiger partial charge is 0.393 e. The monoisotopic (exact) mass is 288 g/mol. The van der Waals surface area contributed by atoms with Gasteiger partial charge < -0.3 is 5.11 Å². The molecular formula is C20H32O. The molecule has 3 unspecified atom stereocenters. The predicted octanol–water partition coefficient (Wildman–Crippen LogP) is 4.96. The van der Waals surface area contributed by atoms with Gasteiger partial charge in [0.25, 0.3) is 0 Å². The van der Waals surface area contributed by atoms with Crippen molar-refractivity contribution >= 4 is 0 Å². The minimum atomic E-state index is -0.155. The number of aliphatic hydroxyl groups is 1. The van der Waals surface area contributed by atoms with Gasteiger partial charge in [-0.25, -0.2) is 0 Å². The molecule has 0 amide bonds. The molecule has 1 N–H and O–H groups in total. The van der Waals surface area contributed by atoms with Crippen LogP contribution in [-0.2, 0) is 11.8 Å². The maximum Gasteiger partial charge on any atom is 0.0579 e. The lowest BCUT2D eigenvalue weighted by molar-refractivity contribution is 0.0143. The maximum atomic E-state index is 10.6. The van der Waals surface area contributed by atoms with Crippen LogP contribution in [0.1, 0.15) is 65.0 Å². The van der Waals surface area contributed by atoms with Crippen molar-refractivity contribution in [2.75, 3.05) is 0 Å². The Morgan fingerprint density at radius 3 is 2.57 bits per heavy atom. The third-order valence-corrected chi connectivity index (χ3v) is 5.32. The number of aliphatic hydroxyl groups excluding tert-OH is 1. The van der Waals surface area contributed by atoms with Gasteiger partial charge in [0.2, 0.25) is 0 Å². The summed E-state index contributed by atoms with van der Waals surface area (Å²) in [7, 11) is 0. The Bertz CT molecular complexity index is 461. The van der Waals surface area contributed by atoms with Gasteiger partial charge in [0.1, 0.15) is 0 Å². The highest BCUT2D eigenvalue weighted by Crippen LogP contribution is 2.42. The second-order valence-corrected chi connectivity index (χ2v) is 8.11. The number of hydrogen-bond donors (Lipinski definition) is 1. The molecule has 0 saturated heterocycles. The fraction of sp³-hybridized carbons (Fsp3) is 0.700. The molecule has 0 bridgehead atoms. The zero-order valence-corrected chi connectivity index (χ0v) is 14.4. The van der Waals surface area contributed by atoms with E-state index in [0.29, 0.717) is 17.8 Å². The molecule has 0 heterocycles. The summed E-state index contributed by atoms with van der Waals surface area (Å²) in [6, 6.07) is 9.03. The zero-order chi connectivity index (χ0) is 15.6. The van der Waals surface area contributed by atoms with Gasteiger partial charge in [-0.05, 0) is 53.6 Å². The Hall–Kier alpha value is -0.820. The highest BCUT2D eigenvalue weighted by Gasteiger charge is 2.39. The van der Waals surface area contributed by atoms with Crippen molar-refractivity contribution in [3.8, 4) is 0 Å². The van der Waals surface area contributed by atoms with Crippen LogP contribution in [0.3, 0.4) is 0 Å². The van der Waals surface area contributed by atoms with Crippen LogP contribution in [0.25, 0.3) is 0 Å². The van der Waals surface area contributed by atoms with E-state index in [-0.39, 0.29) is 11.5 Å². The third-order valence-electron chi connectivity index (χ3n) is 5.32. The summed E-state index contributed by atoms with van der Waals surface area (Å²) in [5, 5.41) is 10.6. The lowest BCUT2D eigenvalue weighted by atomic mass is 9.64. The molecular weight excluding hydrogens is 256 g/mol. The van der Waals surface area contributed by atoms with Gasteiger partial charge in [-0.1, -0.05) is 65.3 Å². The second kappa shape index (κ2) is 6.52. The van der Waals surface area contributed by atoms with Crippen molar-refractivity contribution in [3.05, 3.63) is 35.4 Å². The highest BCUT2D eigenvalue weighted by atomic mass is 16.3. The average Bonchev–Trinajstić information content (AvgIpc) is 2.37. The molecule has 1 fully saturated rings. The molecule has 0 aliphatic heterocycles. The van der Waals surface area contributed by atoms with Crippen molar-refractivity contribution in [1.82, 2.24) is 0 Å². The standard InChI is InChI=1S/C20H32O/c1-14(2)11-16-7-6-8-17(13-16)20(4,5)18-10-9-15(3)12-19(18)21/h6-8,13-15,18-19,21H,9-12H2,1-5H3. The van der Waals surface area contributed by atoms with E-state index in [2.05, 4.69) is 58.9 Å². The van der Waals surface area contributed by atoms with Crippen molar-refractivity contribution < 1.29 is 5.11 Å². The maximum absolute atomic E-state index is 10.6. The van der Waals surface area contributed by atoms with E-state index in [1.165, 1.54) is 17.5 Å². The van der Waals surface area contributed by atoms with Crippen LogP contribution in [0, 0.1) is 17.8 Å². The summed E-state index contributed by atoms with van der Waals surface area (Å²) < 4.78 is 0. The van der Waals surface area contributed by atoms with Crippen LogP contribution in [0.15, 0.2) is 24.3 Å². The van der Waals surface area contributed by atoms with Crippen LogP contribution in [0.5, 0.6) is 0 Å². The Labute approximate surface area is 130 Å². The minimum absolute atomic E-state index is 0.0482. The first kappa shape index (κ1) is 16.5. The topological polar surface area (TPSA) is 20.2 Å². The molecule has 1 aromatic rings. The molecule has 1 saturated carbocycles. The molecule has 2 rings (SSSR count). The van der Waals surface area contributed by atoms with E-state index in [1.807, 2.05) is 0 Å². The summed E-state index contributed by atoms with van der Waals surface area (Å²) in [6.07, 6.45) is 4.33. The third kappa shape index (κ3) is 3.88. The first-order valence-electron chi connectivity index (χ1n) is 8.58. The summed E-state index contributed by atoms with van der Waals surface area (Å²) in [5.41, 5.74) is 2.86. The molecule has 0 aromatic heterocycles. The van der Waals surface area contributed by atoms with Crippen molar-refractivity contribution in [3.63, 3.8) is 0 Å². The van der Waals surface area contributed by atoms with Crippen molar-refractivity contribution in [1.29, 1.82) is 0 Å². The Balaban J connectivity index is 2.22. The van der Waals surface area contributed by atoms with Gasteiger partial charge in [0.05, 0.1) is 6.10 Å². The van der Waals surface area contributed by atoms with Crippen LogP contribution >= 0.6 is 0 Å². The SMILES string of the molecule is CC(C)Cc1cccc(C(C)(C)C2CCC(C)CC2O)c1. The van der Waals surface area contributed by atoms with Crippen LogP contribution in [0.2, 0.25) is 0 Å². The number of hydrogen-bond acceptors (Lipinski definition) is 1. The normalized spacial score (nSPS) is 27.1. The fourth-order valence-corrected chi connectivity index (χ4v) is 3.98. The predicted molar refractivity (Wildman–Crippen MR) is 90.5 cm³/mol. The van der Waals surface area contributed by atoms with Crippen LogP contribution in [-0.4, -0.2) is 11.2 Å². The molecule has 1 nitrogen and oxygen atoms in total. The van der Waals surface area contributed by atoms with Crippen LogP contribution < -0.4 is 0 Å². The molecule has 1 heteroatoms. The summed E-state index contributed by atoms with van der Waals surface area (Å²) >= 11 is 0. The van der Waals surface area contributed by atoms with E-state index in [4.69, 9.17) is 0 Å². The molecule has 0 radical (unpaired) electrons. The van der Waals surface area contributed by atoms with Gasteiger partial charge in [-0.3, -0.25) is 0 Å². The first-order chi connectivity index (χ1) is 9.80. The quantitative estimate of drug-likeness (QED) is 0.830. The zero-order valence-electron chi connectivity index (χ0n) is 14.4. The van der Waals surface area contributed by atoms with Gasteiger partial charge in [0, 0.05) is 0 Å². The summed E-state index contributed by atoms with van der Waals surface area (Å²) in [6.45, 7) is 11.4. The first-order valence-corrected chi connectivity index (χ1v) is 8.58. The van der Waals surface area contributed by atoms with Crippen LogP contribution in [0.4, 0.5) is 0 Å². The van der Waals surface area contributed by atoms with E-state index in [0.717, 1.165) is 19.3 Å². The lowest BCUT2D eigenvalue weighted by Crippen LogP contribution is -2.41. The van der Waals surface area contributed by atoms with Gasteiger partial charge in [-0.2, -0.15) is 0 Å². The van der Waals surface area contributed by atoms with Crippen molar-refractivity contribution in [2.45, 2.75) is 71.8 Å². The fourth-order valence-electron chi connectivity index (χ4n) is 3.98. The lowest BCUT2D eigenvalue weighted by Gasteiger charge is -2.42. The highest BCUT2D eigenvalue weighted by molar-refractivity contribution is 5.30. The average molecular weight is 288 g/mol. The second-order valence-electron chi connectivity index (χ2n) is 8.11. The Morgan fingerprint density at radius 2 is 1.95 bits per heavy atom. The summed E-state index contributed by atoms with van der Waals surface area (Å²) in [5.74, 6) is 1.73. The minimum Gasteiger partial charge on any atom is -0.393 e. The van der Waals surface area contributed by atoms with E-state index < -0.39 is 0 Å².